The van der Waals surface area contributed by atoms with E-state index in [1.807, 2.05) is 14.1 Å². The van der Waals surface area contributed by atoms with Gasteiger partial charge in [-0.1, -0.05) is 32.6 Å². The molecule has 15 heavy (non-hydrogen) atoms. The van der Waals surface area contributed by atoms with Crippen molar-refractivity contribution in [1.82, 2.24) is 4.90 Å². The minimum Gasteiger partial charge on any atom is -0.480 e. The monoisotopic (exact) mass is 235 g/mol. The van der Waals surface area contributed by atoms with E-state index >= 15 is 0 Å². The van der Waals surface area contributed by atoms with Crippen LogP contribution in [-0.4, -0.2) is 35.6 Å². The Morgan fingerprint density at radius 2 is 1.80 bits per heavy atom. The Balaban J connectivity index is 0. The van der Waals surface area contributed by atoms with Gasteiger partial charge in [-0.15, -0.1) is 0 Å². The molecular weight excluding hydrogens is 210 g/mol. The van der Waals surface area contributed by atoms with Gasteiger partial charge in [0.05, 0.1) is 0 Å². The lowest BCUT2D eigenvalue weighted by Gasteiger charge is -2.32. The van der Waals surface area contributed by atoms with Crippen LogP contribution < -0.4 is 0 Å². The maximum absolute atomic E-state index is 11.1. The number of rotatable bonds is 7. The predicted molar refractivity (Wildman–Crippen MR) is 68.9 cm³/mol. The molecular formula is C11H25NO2S. The average molecular weight is 235 g/mol. The molecule has 92 valence electrons. The molecule has 0 saturated carbocycles. The molecule has 3 nitrogen and oxygen atoms in total. The van der Waals surface area contributed by atoms with E-state index < -0.39 is 11.5 Å². The first kappa shape index (κ1) is 17.2. The van der Waals surface area contributed by atoms with Crippen molar-refractivity contribution in [3.8, 4) is 0 Å². The number of unbranched alkanes of at least 4 members (excludes halogenated alkanes) is 3. The predicted octanol–water partition coefficient (Wildman–Crippen LogP) is 2.47. The zero-order valence-corrected chi connectivity index (χ0v) is 11.3. The van der Waals surface area contributed by atoms with Gasteiger partial charge >= 0.3 is 5.97 Å². The third-order valence-electron chi connectivity index (χ3n) is 2.96. The van der Waals surface area contributed by atoms with Gasteiger partial charge in [-0.05, 0) is 27.4 Å². The summed E-state index contributed by atoms with van der Waals surface area (Å²) >= 11 is 0. The van der Waals surface area contributed by atoms with Gasteiger partial charge in [0.1, 0.15) is 5.54 Å². The van der Waals surface area contributed by atoms with E-state index in [1.165, 1.54) is 12.8 Å². The number of nitrogens with zero attached hydrogens (tertiary/aromatic N) is 1. The Hall–Kier alpha value is -0.220. The van der Waals surface area contributed by atoms with Crippen LogP contribution in [0.1, 0.15) is 46.0 Å². The van der Waals surface area contributed by atoms with Crippen molar-refractivity contribution in [3.63, 3.8) is 0 Å². The summed E-state index contributed by atoms with van der Waals surface area (Å²) in [6, 6.07) is 0. The van der Waals surface area contributed by atoms with Crippen molar-refractivity contribution >= 4 is 19.5 Å². The molecule has 1 atom stereocenters. The second-order valence-corrected chi connectivity index (χ2v) is 4.28. The van der Waals surface area contributed by atoms with Crippen LogP contribution in [-0.2, 0) is 4.79 Å². The average Bonchev–Trinajstić information content (AvgIpc) is 2.11. The SMILES string of the molecule is CCCCCCC(C)(C(=O)O)N(C)C.S. The number of hydrogen-bond acceptors (Lipinski definition) is 2. The summed E-state index contributed by atoms with van der Waals surface area (Å²) in [4.78, 5) is 12.9. The number of carboxylic acids is 1. The molecule has 0 spiro atoms. The quantitative estimate of drug-likeness (QED) is 0.689. The lowest BCUT2D eigenvalue weighted by atomic mass is 9.93. The Kier molecular flexibility index (Phi) is 9.16. The Morgan fingerprint density at radius 1 is 1.27 bits per heavy atom. The van der Waals surface area contributed by atoms with E-state index in [0.717, 1.165) is 19.3 Å². The van der Waals surface area contributed by atoms with Crippen LogP contribution in [0, 0.1) is 0 Å². The van der Waals surface area contributed by atoms with Crippen LogP contribution in [0.5, 0.6) is 0 Å². The van der Waals surface area contributed by atoms with Gasteiger partial charge in [0.25, 0.3) is 0 Å². The molecule has 0 aliphatic heterocycles. The fourth-order valence-electron chi connectivity index (χ4n) is 1.42. The first-order chi connectivity index (χ1) is 6.45. The molecule has 0 saturated heterocycles. The largest absolute Gasteiger partial charge is 0.480 e. The highest BCUT2D eigenvalue weighted by Crippen LogP contribution is 2.20. The van der Waals surface area contributed by atoms with Crippen molar-refractivity contribution < 1.29 is 9.90 Å². The molecule has 1 N–H and O–H groups in total. The van der Waals surface area contributed by atoms with E-state index in [4.69, 9.17) is 5.11 Å². The fraction of sp³-hybridized carbons (Fsp3) is 0.909. The third-order valence-corrected chi connectivity index (χ3v) is 2.96. The summed E-state index contributed by atoms with van der Waals surface area (Å²) in [6.07, 6.45) is 5.24. The van der Waals surface area contributed by atoms with Crippen molar-refractivity contribution in [1.29, 1.82) is 0 Å². The van der Waals surface area contributed by atoms with Crippen LogP contribution in [0.3, 0.4) is 0 Å². The summed E-state index contributed by atoms with van der Waals surface area (Å²) in [7, 11) is 3.65. The third kappa shape index (κ3) is 5.42. The molecule has 0 fully saturated rings. The van der Waals surface area contributed by atoms with Gasteiger partial charge in [0, 0.05) is 0 Å². The Labute approximate surface area is 100 Å². The summed E-state index contributed by atoms with van der Waals surface area (Å²) < 4.78 is 0. The van der Waals surface area contributed by atoms with Gasteiger partial charge in [-0.25, -0.2) is 0 Å². The van der Waals surface area contributed by atoms with Crippen LogP contribution in [0.4, 0.5) is 0 Å². The molecule has 0 aromatic carbocycles. The molecule has 0 aliphatic rings. The Bertz CT molecular complexity index is 185. The molecule has 4 heteroatoms. The first-order valence-electron chi connectivity index (χ1n) is 5.36. The standard InChI is InChI=1S/C11H23NO2.H2S/c1-5-6-7-8-9-11(2,10(13)14)12(3)4;/h5-9H2,1-4H3,(H,13,14);1H2. The molecule has 0 aromatic rings. The summed E-state index contributed by atoms with van der Waals surface area (Å²) in [5, 5.41) is 9.12. The Morgan fingerprint density at radius 3 is 2.13 bits per heavy atom. The van der Waals surface area contributed by atoms with Gasteiger partial charge in [-0.2, -0.15) is 13.5 Å². The highest BCUT2D eigenvalue weighted by Gasteiger charge is 2.34. The van der Waals surface area contributed by atoms with Crippen molar-refractivity contribution in [2.75, 3.05) is 14.1 Å². The summed E-state index contributed by atoms with van der Waals surface area (Å²) in [5.74, 6) is -0.723. The smallest absolute Gasteiger partial charge is 0.323 e. The van der Waals surface area contributed by atoms with Crippen LogP contribution >= 0.6 is 13.5 Å². The highest BCUT2D eigenvalue weighted by atomic mass is 32.1. The van der Waals surface area contributed by atoms with Crippen LogP contribution in [0.25, 0.3) is 0 Å². The second kappa shape index (κ2) is 7.99. The van der Waals surface area contributed by atoms with E-state index in [2.05, 4.69) is 6.92 Å². The maximum atomic E-state index is 11.1. The van der Waals surface area contributed by atoms with Crippen molar-refractivity contribution in [2.45, 2.75) is 51.5 Å². The first-order valence-corrected chi connectivity index (χ1v) is 5.36. The zero-order chi connectivity index (χ0) is 11.2. The van der Waals surface area contributed by atoms with Gasteiger partial charge < -0.3 is 5.11 Å². The summed E-state index contributed by atoms with van der Waals surface area (Å²) in [6.45, 7) is 3.95. The number of aliphatic carboxylic acids is 1. The maximum Gasteiger partial charge on any atom is 0.323 e. The lowest BCUT2D eigenvalue weighted by molar-refractivity contribution is -0.149. The lowest BCUT2D eigenvalue weighted by Crippen LogP contribution is -2.48. The van der Waals surface area contributed by atoms with Crippen molar-refractivity contribution in [3.05, 3.63) is 0 Å². The van der Waals surface area contributed by atoms with Crippen LogP contribution in [0.2, 0.25) is 0 Å². The number of hydrogen-bond donors (Lipinski definition) is 1. The molecule has 0 amide bonds. The molecule has 1 unspecified atom stereocenters. The zero-order valence-electron chi connectivity index (χ0n) is 10.3. The van der Waals surface area contributed by atoms with Crippen LogP contribution in [0.15, 0.2) is 0 Å². The fourth-order valence-corrected chi connectivity index (χ4v) is 1.42. The minimum absolute atomic E-state index is 0. The molecule has 0 rings (SSSR count). The molecule has 0 aromatic heterocycles. The van der Waals surface area contributed by atoms with E-state index in [9.17, 15) is 4.79 Å². The number of carboxylic acid groups (broad SMARTS) is 1. The van der Waals surface area contributed by atoms with Gasteiger partial charge in [0.15, 0.2) is 0 Å². The van der Waals surface area contributed by atoms with Gasteiger partial charge in [0.2, 0.25) is 0 Å². The normalized spacial score (nSPS) is 14.5. The number of carbonyl (C=O) groups is 1. The topological polar surface area (TPSA) is 40.5 Å². The van der Waals surface area contributed by atoms with E-state index in [-0.39, 0.29) is 13.5 Å². The van der Waals surface area contributed by atoms with E-state index in [0.29, 0.717) is 0 Å². The van der Waals surface area contributed by atoms with Crippen molar-refractivity contribution in [2.24, 2.45) is 0 Å². The highest BCUT2D eigenvalue weighted by molar-refractivity contribution is 7.59. The molecule has 0 aliphatic carbocycles. The van der Waals surface area contributed by atoms with Gasteiger partial charge in [-0.3, -0.25) is 9.69 Å². The van der Waals surface area contributed by atoms with E-state index in [1.54, 1.807) is 11.8 Å². The molecule has 0 radical (unpaired) electrons. The summed E-state index contributed by atoms with van der Waals surface area (Å²) in [5.41, 5.74) is -0.701. The molecule has 0 heterocycles. The second-order valence-electron chi connectivity index (χ2n) is 4.28. The minimum atomic E-state index is -0.723. The molecule has 0 bridgehead atoms. The number of likely N-dealkylation sites (N-methyl/N-ethyl adjacent to an activating group) is 1.